The Kier molecular flexibility index (Phi) is 4.82. The van der Waals surface area contributed by atoms with Crippen molar-refractivity contribution in [3.05, 3.63) is 53.8 Å². The molecule has 2 aromatic rings. The predicted molar refractivity (Wildman–Crippen MR) is 78.1 cm³/mol. The van der Waals surface area contributed by atoms with Gasteiger partial charge in [-0.3, -0.25) is 0 Å². The highest BCUT2D eigenvalue weighted by Crippen LogP contribution is 2.19. The summed E-state index contributed by atoms with van der Waals surface area (Å²) >= 11 is 0. The molecule has 0 fully saturated rings. The number of para-hydroxylation sites is 1. The van der Waals surface area contributed by atoms with Crippen LogP contribution < -0.4 is 14.8 Å². The van der Waals surface area contributed by atoms with E-state index >= 15 is 0 Å². The maximum absolute atomic E-state index is 13.6. The molecule has 0 aliphatic rings. The summed E-state index contributed by atoms with van der Waals surface area (Å²) in [5, 5.41) is 3.05. The summed E-state index contributed by atoms with van der Waals surface area (Å²) < 4.78 is 24.2. The van der Waals surface area contributed by atoms with E-state index in [4.69, 9.17) is 9.47 Å². The molecule has 0 spiro atoms. The van der Waals surface area contributed by atoms with Crippen LogP contribution in [0.25, 0.3) is 0 Å². The lowest BCUT2D eigenvalue weighted by atomic mass is 10.2. The number of anilines is 1. The molecule has 0 saturated heterocycles. The van der Waals surface area contributed by atoms with Crippen LogP contribution >= 0.6 is 0 Å². The lowest BCUT2D eigenvalue weighted by Crippen LogP contribution is -2.13. The molecule has 0 bridgehead atoms. The summed E-state index contributed by atoms with van der Waals surface area (Å²) in [4.78, 5) is 0. The molecule has 2 rings (SSSR count). The van der Waals surface area contributed by atoms with Crippen LogP contribution in [-0.4, -0.2) is 20.3 Å². The molecule has 0 atom stereocenters. The standard InChI is InChI=1S/C16H18FNO2/c1-12-4-3-5-15(17)16(12)18-10-11-20-14-8-6-13(19-2)7-9-14/h3-9,18H,10-11H2,1-2H3. The van der Waals surface area contributed by atoms with Crippen molar-refractivity contribution >= 4 is 5.69 Å². The summed E-state index contributed by atoms with van der Waals surface area (Å²) in [5.74, 6) is 1.31. The van der Waals surface area contributed by atoms with E-state index in [1.165, 1.54) is 6.07 Å². The number of methoxy groups -OCH3 is 1. The van der Waals surface area contributed by atoms with Crippen molar-refractivity contribution in [3.8, 4) is 11.5 Å². The average Bonchev–Trinajstić information content (AvgIpc) is 2.46. The molecule has 0 saturated carbocycles. The van der Waals surface area contributed by atoms with Gasteiger partial charge >= 0.3 is 0 Å². The van der Waals surface area contributed by atoms with Crippen molar-refractivity contribution in [2.45, 2.75) is 6.92 Å². The SMILES string of the molecule is COc1ccc(OCCNc2c(C)cccc2F)cc1. The number of hydrogen-bond donors (Lipinski definition) is 1. The van der Waals surface area contributed by atoms with E-state index in [1.807, 2.05) is 37.3 Å². The van der Waals surface area contributed by atoms with Gasteiger partial charge in [-0.25, -0.2) is 4.39 Å². The van der Waals surface area contributed by atoms with Crippen molar-refractivity contribution in [2.75, 3.05) is 25.6 Å². The van der Waals surface area contributed by atoms with Gasteiger partial charge in [-0.1, -0.05) is 12.1 Å². The van der Waals surface area contributed by atoms with Gasteiger partial charge in [0.15, 0.2) is 0 Å². The van der Waals surface area contributed by atoms with E-state index in [9.17, 15) is 4.39 Å². The molecular weight excluding hydrogens is 257 g/mol. The largest absolute Gasteiger partial charge is 0.497 e. The molecule has 0 amide bonds. The maximum atomic E-state index is 13.6. The number of benzene rings is 2. The van der Waals surface area contributed by atoms with Gasteiger partial charge in [-0.05, 0) is 42.8 Å². The fourth-order valence-electron chi connectivity index (χ4n) is 1.87. The van der Waals surface area contributed by atoms with Crippen LogP contribution in [0.3, 0.4) is 0 Å². The predicted octanol–water partition coefficient (Wildman–Crippen LogP) is 3.63. The van der Waals surface area contributed by atoms with Crippen LogP contribution in [0.1, 0.15) is 5.56 Å². The van der Waals surface area contributed by atoms with Crippen LogP contribution in [0.15, 0.2) is 42.5 Å². The van der Waals surface area contributed by atoms with Crippen molar-refractivity contribution in [1.29, 1.82) is 0 Å². The van der Waals surface area contributed by atoms with Crippen molar-refractivity contribution in [1.82, 2.24) is 0 Å². The highest BCUT2D eigenvalue weighted by molar-refractivity contribution is 5.51. The fourth-order valence-corrected chi connectivity index (χ4v) is 1.87. The van der Waals surface area contributed by atoms with Gasteiger partial charge in [0.1, 0.15) is 23.9 Å². The molecule has 4 heteroatoms. The minimum Gasteiger partial charge on any atom is -0.497 e. The summed E-state index contributed by atoms with van der Waals surface area (Å²) in [6.45, 7) is 2.86. The average molecular weight is 275 g/mol. The molecule has 0 radical (unpaired) electrons. The first-order chi connectivity index (χ1) is 9.70. The van der Waals surface area contributed by atoms with Gasteiger partial charge in [-0.2, -0.15) is 0 Å². The molecule has 0 aromatic heterocycles. The van der Waals surface area contributed by atoms with Gasteiger partial charge in [0.25, 0.3) is 0 Å². The minimum atomic E-state index is -0.241. The van der Waals surface area contributed by atoms with E-state index in [-0.39, 0.29) is 5.82 Å². The summed E-state index contributed by atoms with van der Waals surface area (Å²) in [5.41, 5.74) is 1.42. The second-order valence-electron chi connectivity index (χ2n) is 4.38. The van der Waals surface area contributed by atoms with Gasteiger partial charge in [0, 0.05) is 6.54 Å². The van der Waals surface area contributed by atoms with Crippen LogP contribution in [0, 0.1) is 12.7 Å². The first-order valence-electron chi connectivity index (χ1n) is 6.46. The van der Waals surface area contributed by atoms with Crippen LogP contribution in [0.2, 0.25) is 0 Å². The number of nitrogens with one attached hydrogen (secondary N) is 1. The Morgan fingerprint density at radius 2 is 1.75 bits per heavy atom. The summed E-state index contributed by atoms with van der Waals surface area (Å²) in [7, 11) is 1.62. The monoisotopic (exact) mass is 275 g/mol. The van der Waals surface area contributed by atoms with Crippen LogP contribution in [-0.2, 0) is 0 Å². The Balaban J connectivity index is 1.81. The summed E-state index contributed by atoms with van der Waals surface area (Å²) in [6.07, 6.45) is 0. The van der Waals surface area contributed by atoms with E-state index in [1.54, 1.807) is 13.2 Å². The van der Waals surface area contributed by atoms with E-state index in [0.29, 0.717) is 18.8 Å². The molecule has 3 nitrogen and oxygen atoms in total. The Morgan fingerprint density at radius 1 is 1.05 bits per heavy atom. The third-order valence-corrected chi connectivity index (χ3v) is 2.95. The second kappa shape index (κ2) is 6.80. The lowest BCUT2D eigenvalue weighted by molar-refractivity contribution is 0.331. The number of halogens is 1. The molecule has 0 unspecified atom stereocenters. The van der Waals surface area contributed by atoms with E-state index < -0.39 is 0 Å². The molecular formula is C16H18FNO2. The number of hydrogen-bond acceptors (Lipinski definition) is 3. The van der Waals surface area contributed by atoms with Crippen LogP contribution in [0.5, 0.6) is 11.5 Å². The fraction of sp³-hybridized carbons (Fsp3) is 0.250. The van der Waals surface area contributed by atoms with E-state index in [0.717, 1.165) is 17.1 Å². The molecule has 0 heterocycles. The zero-order valence-corrected chi connectivity index (χ0v) is 11.7. The normalized spacial score (nSPS) is 10.2. The molecule has 1 N–H and O–H groups in total. The van der Waals surface area contributed by atoms with Crippen molar-refractivity contribution in [3.63, 3.8) is 0 Å². The topological polar surface area (TPSA) is 30.5 Å². The lowest BCUT2D eigenvalue weighted by Gasteiger charge is -2.11. The van der Waals surface area contributed by atoms with Gasteiger partial charge < -0.3 is 14.8 Å². The van der Waals surface area contributed by atoms with Crippen molar-refractivity contribution < 1.29 is 13.9 Å². The Labute approximate surface area is 118 Å². The first-order valence-corrected chi connectivity index (χ1v) is 6.46. The molecule has 20 heavy (non-hydrogen) atoms. The van der Waals surface area contributed by atoms with Gasteiger partial charge in [0.05, 0.1) is 12.8 Å². The highest BCUT2D eigenvalue weighted by Gasteiger charge is 2.03. The second-order valence-corrected chi connectivity index (χ2v) is 4.38. The van der Waals surface area contributed by atoms with E-state index in [2.05, 4.69) is 5.32 Å². The Hall–Kier alpha value is -2.23. The first kappa shape index (κ1) is 14.2. The van der Waals surface area contributed by atoms with Crippen molar-refractivity contribution in [2.24, 2.45) is 0 Å². The maximum Gasteiger partial charge on any atom is 0.146 e. The number of rotatable bonds is 6. The minimum absolute atomic E-state index is 0.241. The van der Waals surface area contributed by atoms with Crippen LogP contribution in [0.4, 0.5) is 10.1 Å². The number of ether oxygens (including phenoxy) is 2. The molecule has 2 aromatic carbocycles. The Morgan fingerprint density at radius 3 is 2.40 bits per heavy atom. The van der Waals surface area contributed by atoms with Gasteiger partial charge in [-0.15, -0.1) is 0 Å². The Bertz CT molecular complexity index is 535. The zero-order chi connectivity index (χ0) is 14.4. The smallest absolute Gasteiger partial charge is 0.146 e. The molecule has 0 aliphatic carbocycles. The number of aryl methyl sites for hydroxylation is 1. The summed E-state index contributed by atoms with van der Waals surface area (Å²) in [6, 6.07) is 12.4. The highest BCUT2D eigenvalue weighted by atomic mass is 19.1. The quantitative estimate of drug-likeness (QED) is 0.817. The van der Waals surface area contributed by atoms with Gasteiger partial charge in [0.2, 0.25) is 0 Å². The molecule has 106 valence electrons. The third kappa shape index (κ3) is 3.63. The molecule has 0 aliphatic heterocycles. The third-order valence-electron chi connectivity index (χ3n) is 2.95. The zero-order valence-electron chi connectivity index (χ0n) is 11.7.